The van der Waals surface area contributed by atoms with E-state index >= 15 is 0 Å². The molecule has 1 atom stereocenters. The Kier molecular flexibility index (Phi) is 7.14. The van der Waals surface area contributed by atoms with Crippen molar-refractivity contribution < 1.29 is 24.2 Å². The Morgan fingerprint density at radius 3 is 2.50 bits per heavy atom. The summed E-state index contributed by atoms with van der Waals surface area (Å²) in [5, 5.41) is 11.9. The minimum atomic E-state index is -1.08. The van der Waals surface area contributed by atoms with E-state index in [0.29, 0.717) is 15.6 Å². The maximum absolute atomic E-state index is 11.8. The van der Waals surface area contributed by atoms with Crippen LogP contribution in [0, 0.1) is 0 Å². The van der Waals surface area contributed by atoms with E-state index in [1.165, 1.54) is 13.2 Å². The summed E-state index contributed by atoms with van der Waals surface area (Å²) in [6, 6.07) is 3.94. The van der Waals surface area contributed by atoms with Crippen LogP contribution in [0.5, 0.6) is 0 Å². The molecule has 0 heterocycles. The zero-order valence-electron chi connectivity index (χ0n) is 11.8. The van der Waals surface area contributed by atoms with Gasteiger partial charge >= 0.3 is 11.9 Å². The minimum Gasteiger partial charge on any atom is -0.481 e. The molecular formula is C14H15Cl2NO5. The summed E-state index contributed by atoms with van der Waals surface area (Å²) in [5.41, 5.74) is 0.500. The van der Waals surface area contributed by atoms with Crippen molar-refractivity contribution in [2.24, 2.45) is 0 Å². The molecule has 0 aliphatic carbocycles. The van der Waals surface area contributed by atoms with Crippen molar-refractivity contribution >= 4 is 41.0 Å². The second-order valence-corrected chi connectivity index (χ2v) is 5.30. The third-order valence-corrected chi connectivity index (χ3v) is 3.40. The molecule has 1 amide bonds. The average molecular weight is 348 g/mol. The van der Waals surface area contributed by atoms with Crippen LogP contribution in [0.1, 0.15) is 30.9 Å². The van der Waals surface area contributed by atoms with Crippen molar-refractivity contribution in [1.29, 1.82) is 0 Å². The smallest absolute Gasteiger partial charge is 0.307 e. The number of benzene rings is 1. The number of hydrogen-bond donors (Lipinski definition) is 2. The molecule has 6 nitrogen and oxygen atoms in total. The summed E-state index contributed by atoms with van der Waals surface area (Å²) >= 11 is 11.9. The Morgan fingerprint density at radius 2 is 1.95 bits per heavy atom. The molecule has 0 aliphatic heterocycles. The van der Waals surface area contributed by atoms with E-state index in [9.17, 15) is 14.4 Å². The van der Waals surface area contributed by atoms with Crippen LogP contribution in [0.4, 0.5) is 0 Å². The number of esters is 1. The van der Waals surface area contributed by atoms with Crippen LogP contribution in [0.3, 0.4) is 0 Å². The van der Waals surface area contributed by atoms with Gasteiger partial charge in [-0.2, -0.15) is 0 Å². The van der Waals surface area contributed by atoms with E-state index in [0.717, 1.165) is 0 Å². The summed E-state index contributed by atoms with van der Waals surface area (Å²) in [4.78, 5) is 33.8. The second-order valence-electron chi connectivity index (χ2n) is 4.46. The predicted octanol–water partition coefficient (Wildman–Crippen LogP) is 2.58. The molecule has 0 aromatic heterocycles. The quantitative estimate of drug-likeness (QED) is 0.739. The molecule has 0 saturated heterocycles. The van der Waals surface area contributed by atoms with Gasteiger partial charge in [0, 0.05) is 16.5 Å². The van der Waals surface area contributed by atoms with E-state index < -0.39 is 23.9 Å². The predicted molar refractivity (Wildman–Crippen MR) is 80.8 cm³/mol. The van der Waals surface area contributed by atoms with Gasteiger partial charge in [0.25, 0.3) is 0 Å². The van der Waals surface area contributed by atoms with Gasteiger partial charge in [-0.1, -0.05) is 29.3 Å². The summed E-state index contributed by atoms with van der Waals surface area (Å²) in [6.45, 7) is 0. The SMILES string of the molecule is COC(=O)C[C@H](NC(=O)CCC(=O)O)c1ccc(Cl)cc1Cl. The van der Waals surface area contributed by atoms with Crippen molar-refractivity contribution in [3.63, 3.8) is 0 Å². The second kappa shape index (κ2) is 8.60. The highest BCUT2D eigenvalue weighted by Gasteiger charge is 2.21. The summed E-state index contributed by atoms with van der Waals surface area (Å²) in [5.74, 6) is -2.11. The average Bonchev–Trinajstić information content (AvgIpc) is 2.44. The van der Waals surface area contributed by atoms with E-state index in [-0.39, 0.29) is 19.3 Å². The van der Waals surface area contributed by atoms with Crippen LogP contribution in [-0.4, -0.2) is 30.1 Å². The standard InChI is InChI=1S/C14H15Cl2NO5/c1-22-14(21)7-11(17-12(18)4-5-13(19)20)9-3-2-8(15)6-10(9)16/h2-3,6,11H,4-5,7H2,1H3,(H,17,18)(H,19,20)/t11-/m0/s1. The normalized spacial score (nSPS) is 11.6. The van der Waals surface area contributed by atoms with Gasteiger partial charge in [-0.25, -0.2) is 0 Å². The largest absolute Gasteiger partial charge is 0.481 e. The molecule has 1 rings (SSSR count). The molecule has 1 aromatic carbocycles. The van der Waals surface area contributed by atoms with Crippen molar-refractivity contribution in [2.45, 2.75) is 25.3 Å². The lowest BCUT2D eigenvalue weighted by atomic mass is 10.0. The van der Waals surface area contributed by atoms with Crippen LogP contribution in [0.25, 0.3) is 0 Å². The van der Waals surface area contributed by atoms with Crippen molar-refractivity contribution in [3.8, 4) is 0 Å². The van der Waals surface area contributed by atoms with Gasteiger partial charge in [-0.05, 0) is 17.7 Å². The number of aliphatic carboxylic acids is 1. The van der Waals surface area contributed by atoms with Crippen LogP contribution in [0.2, 0.25) is 10.0 Å². The highest BCUT2D eigenvalue weighted by molar-refractivity contribution is 6.35. The Hall–Kier alpha value is -1.79. The monoisotopic (exact) mass is 347 g/mol. The molecule has 0 unspecified atom stereocenters. The molecule has 22 heavy (non-hydrogen) atoms. The molecule has 0 radical (unpaired) electrons. The minimum absolute atomic E-state index is 0.128. The fourth-order valence-electron chi connectivity index (χ4n) is 1.76. The number of halogens is 2. The lowest BCUT2D eigenvalue weighted by Crippen LogP contribution is -2.31. The number of amides is 1. The van der Waals surface area contributed by atoms with Crippen LogP contribution >= 0.6 is 23.2 Å². The van der Waals surface area contributed by atoms with Crippen LogP contribution < -0.4 is 5.32 Å². The maximum atomic E-state index is 11.8. The van der Waals surface area contributed by atoms with Crippen molar-refractivity contribution in [1.82, 2.24) is 5.32 Å². The van der Waals surface area contributed by atoms with Gasteiger partial charge in [0.2, 0.25) is 5.91 Å². The fraction of sp³-hybridized carbons (Fsp3) is 0.357. The summed E-state index contributed by atoms with van der Waals surface area (Å²) in [7, 11) is 1.23. The zero-order chi connectivity index (χ0) is 16.7. The number of methoxy groups -OCH3 is 1. The molecule has 0 aliphatic rings. The van der Waals surface area contributed by atoms with Crippen LogP contribution in [0.15, 0.2) is 18.2 Å². The number of carboxylic acids is 1. The van der Waals surface area contributed by atoms with Gasteiger partial charge in [-0.3, -0.25) is 14.4 Å². The van der Waals surface area contributed by atoms with Gasteiger partial charge in [0.15, 0.2) is 0 Å². The lowest BCUT2D eigenvalue weighted by molar-refractivity contribution is -0.142. The Balaban J connectivity index is 2.90. The first-order valence-electron chi connectivity index (χ1n) is 6.36. The van der Waals surface area contributed by atoms with E-state index in [1.807, 2.05) is 0 Å². The van der Waals surface area contributed by atoms with E-state index in [4.69, 9.17) is 28.3 Å². The third kappa shape index (κ3) is 5.91. The lowest BCUT2D eigenvalue weighted by Gasteiger charge is -2.19. The first kappa shape index (κ1) is 18.3. The Morgan fingerprint density at radius 1 is 1.27 bits per heavy atom. The highest BCUT2D eigenvalue weighted by Crippen LogP contribution is 2.28. The maximum Gasteiger partial charge on any atom is 0.307 e. The number of carboxylic acid groups (broad SMARTS) is 1. The number of hydrogen-bond acceptors (Lipinski definition) is 4. The number of carbonyl (C=O) groups is 3. The molecule has 8 heteroatoms. The number of nitrogens with one attached hydrogen (secondary N) is 1. The third-order valence-electron chi connectivity index (χ3n) is 2.84. The number of ether oxygens (including phenoxy) is 1. The van der Waals surface area contributed by atoms with Crippen LogP contribution in [-0.2, 0) is 19.1 Å². The van der Waals surface area contributed by atoms with Gasteiger partial charge in [-0.15, -0.1) is 0 Å². The Labute approximate surface area is 137 Å². The summed E-state index contributed by atoms with van der Waals surface area (Å²) < 4.78 is 4.59. The Bertz CT molecular complexity index is 576. The van der Waals surface area contributed by atoms with Crippen molar-refractivity contribution in [3.05, 3.63) is 33.8 Å². The fourth-order valence-corrected chi connectivity index (χ4v) is 2.30. The van der Waals surface area contributed by atoms with Gasteiger partial charge in [0.1, 0.15) is 0 Å². The number of carbonyl (C=O) groups excluding carboxylic acids is 2. The molecular weight excluding hydrogens is 333 g/mol. The van der Waals surface area contributed by atoms with E-state index in [1.54, 1.807) is 12.1 Å². The van der Waals surface area contributed by atoms with Gasteiger partial charge in [0.05, 0.1) is 26.0 Å². The topological polar surface area (TPSA) is 92.7 Å². The molecule has 0 saturated carbocycles. The zero-order valence-corrected chi connectivity index (χ0v) is 13.3. The first-order chi connectivity index (χ1) is 10.3. The summed E-state index contributed by atoms with van der Waals surface area (Å²) in [6.07, 6.45) is -0.625. The molecule has 0 bridgehead atoms. The van der Waals surface area contributed by atoms with Crippen molar-refractivity contribution in [2.75, 3.05) is 7.11 Å². The van der Waals surface area contributed by atoms with Gasteiger partial charge < -0.3 is 15.2 Å². The molecule has 0 fully saturated rings. The molecule has 120 valence electrons. The molecule has 0 spiro atoms. The molecule has 1 aromatic rings. The number of rotatable bonds is 7. The highest BCUT2D eigenvalue weighted by atomic mass is 35.5. The molecule has 2 N–H and O–H groups in total. The first-order valence-corrected chi connectivity index (χ1v) is 7.12. The van der Waals surface area contributed by atoms with E-state index in [2.05, 4.69) is 10.1 Å².